The summed E-state index contributed by atoms with van der Waals surface area (Å²) < 4.78 is 0. The highest BCUT2D eigenvalue weighted by atomic mass is 16.3. The lowest BCUT2D eigenvalue weighted by Crippen LogP contribution is -2.46. The minimum absolute atomic E-state index is 0.104. The van der Waals surface area contributed by atoms with Crippen LogP contribution in [0.5, 0.6) is 0 Å². The number of aliphatic hydroxyl groups is 1. The maximum absolute atomic E-state index is 9.16. The fourth-order valence-electron chi connectivity index (χ4n) is 2.67. The quantitative estimate of drug-likeness (QED) is 0.781. The van der Waals surface area contributed by atoms with Gasteiger partial charge in [0.2, 0.25) is 0 Å². The third kappa shape index (κ3) is 2.06. The highest BCUT2D eigenvalue weighted by Gasteiger charge is 2.35. The molecule has 2 rings (SSSR count). The molecule has 0 saturated heterocycles. The van der Waals surface area contributed by atoms with Crippen molar-refractivity contribution >= 4 is 0 Å². The van der Waals surface area contributed by atoms with E-state index in [0.717, 1.165) is 25.8 Å². The number of nitrogens with one attached hydrogen (secondary N) is 1. The van der Waals surface area contributed by atoms with Crippen LogP contribution < -0.4 is 5.32 Å². The number of fused-ring (bicyclic) bond motifs is 1. The molecule has 0 atom stereocenters. The van der Waals surface area contributed by atoms with Gasteiger partial charge in [-0.1, -0.05) is 31.2 Å². The summed E-state index contributed by atoms with van der Waals surface area (Å²) in [7, 11) is 0. The zero-order valence-electron chi connectivity index (χ0n) is 9.29. The number of benzene rings is 1. The summed E-state index contributed by atoms with van der Waals surface area (Å²) in [6, 6.07) is 8.59. The highest BCUT2D eigenvalue weighted by Crippen LogP contribution is 2.32. The lowest BCUT2D eigenvalue weighted by atomic mass is 9.92. The normalized spacial score (nSPS) is 17.7. The fraction of sp³-hybridized carbons (Fsp3) is 0.538. The molecule has 0 bridgehead atoms. The van der Waals surface area contributed by atoms with Gasteiger partial charge in [0.15, 0.2) is 0 Å². The molecule has 0 unspecified atom stereocenters. The molecular weight excluding hydrogens is 186 g/mol. The van der Waals surface area contributed by atoms with Crippen molar-refractivity contribution in [1.29, 1.82) is 0 Å². The summed E-state index contributed by atoms with van der Waals surface area (Å²) in [6.45, 7) is 3.36. The van der Waals surface area contributed by atoms with Crippen molar-refractivity contribution in [3.8, 4) is 0 Å². The maximum Gasteiger partial charge on any atom is 0.0448 e. The van der Waals surface area contributed by atoms with Gasteiger partial charge in [0.25, 0.3) is 0 Å². The standard InChI is InChI=1S/C13H19NO/c1-2-14-13(7-8-15)9-11-5-3-4-6-12(11)10-13/h3-6,14-15H,2,7-10H2,1H3. The van der Waals surface area contributed by atoms with Crippen LogP contribution in [0.1, 0.15) is 24.5 Å². The Bertz CT molecular complexity index is 302. The molecule has 82 valence electrons. The predicted molar refractivity (Wildman–Crippen MR) is 62.0 cm³/mol. The molecule has 0 fully saturated rings. The summed E-state index contributed by atoms with van der Waals surface area (Å²) in [5.74, 6) is 0. The molecule has 0 aliphatic heterocycles. The van der Waals surface area contributed by atoms with Crippen molar-refractivity contribution in [1.82, 2.24) is 5.32 Å². The zero-order chi connectivity index (χ0) is 10.7. The van der Waals surface area contributed by atoms with Crippen LogP contribution in [0.4, 0.5) is 0 Å². The van der Waals surface area contributed by atoms with Crippen LogP contribution in [0, 0.1) is 0 Å². The number of likely N-dealkylation sites (N-methyl/N-ethyl adjacent to an activating group) is 1. The van der Waals surface area contributed by atoms with E-state index in [2.05, 4.69) is 36.5 Å². The Balaban J connectivity index is 2.19. The Morgan fingerprint density at radius 3 is 2.33 bits per heavy atom. The van der Waals surface area contributed by atoms with Crippen molar-refractivity contribution < 1.29 is 5.11 Å². The molecule has 0 spiro atoms. The van der Waals surface area contributed by atoms with Crippen molar-refractivity contribution in [2.45, 2.75) is 31.7 Å². The molecule has 2 N–H and O–H groups in total. The van der Waals surface area contributed by atoms with E-state index in [1.165, 1.54) is 11.1 Å². The molecule has 0 amide bonds. The van der Waals surface area contributed by atoms with Crippen LogP contribution in [0.3, 0.4) is 0 Å². The monoisotopic (exact) mass is 205 g/mol. The highest BCUT2D eigenvalue weighted by molar-refractivity contribution is 5.36. The van der Waals surface area contributed by atoms with Gasteiger partial charge in [-0.3, -0.25) is 0 Å². The summed E-state index contributed by atoms with van der Waals surface area (Å²) >= 11 is 0. The average molecular weight is 205 g/mol. The number of hydrogen-bond donors (Lipinski definition) is 2. The Morgan fingerprint density at radius 2 is 1.87 bits per heavy atom. The van der Waals surface area contributed by atoms with Gasteiger partial charge in [0, 0.05) is 12.1 Å². The molecular formula is C13H19NO. The molecule has 1 aliphatic rings. The average Bonchev–Trinajstić information content (AvgIpc) is 2.56. The van der Waals surface area contributed by atoms with Crippen molar-refractivity contribution in [3.63, 3.8) is 0 Å². The smallest absolute Gasteiger partial charge is 0.0448 e. The second-order valence-electron chi connectivity index (χ2n) is 4.41. The van der Waals surface area contributed by atoms with Crippen LogP contribution in [-0.4, -0.2) is 23.8 Å². The van der Waals surface area contributed by atoms with E-state index in [0.29, 0.717) is 0 Å². The van der Waals surface area contributed by atoms with Crippen LogP contribution in [0.15, 0.2) is 24.3 Å². The molecule has 1 aromatic rings. The Kier molecular flexibility index (Phi) is 3.08. The topological polar surface area (TPSA) is 32.3 Å². The van der Waals surface area contributed by atoms with E-state index in [9.17, 15) is 0 Å². The van der Waals surface area contributed by atoms with Crippen molar-refractivity contribution in [2.24, 2.45) is 0 Å². The number of rotatable bonds is 4. The summed E-state index contributed by atoms with van der Waals surface area (Å²) in [4.78, 5) is 0. The summed E-state index contributed by atoms with van der Waals surface area (Å²) in [5.41, 5.74) is 2.98. The van der Waals surface area contributed by atoms with Gasteiger partial charge >= 0.3 is 0 Å². The van der Waals surface area contributed by atoms with Crippen molar-refractivity contribution in [2.75, 3.05) is 13.2 Å². The Hall–Kier alpha value is -0.860. The van der Waals surface area contributed by atoms with E-state index in [4.69, 9.17) is 5.11 Å². The molecule has 2 heteroatoms. The number of hydrogen-bond acceptors (Lipinski definition) is 2. The van der Waals surface area contributed by atoms with Crippen LogP contribution in [-0.2, 0) is 12.8 Å². The third-order valence-corrected chi connectivity index (χ3v) is 3.32. The first-order valence-electron chi connectivity index (χ1n) is 5.72. The molecule has 2 nitrogen and oxygen atoms in total. The van der Waals surface area contributed by atoms with Crippen LogP contribution in [0.25, 0.3) is 0 Å². The van der Waals surface area contributed by atoms with E-state index in [1.54, 1.807) is 0 Å². The minimum atomic E-state index is 0.104. The first kappa shape index (κ1) is 10.7. The summed E-state index contributed by atoms with van der Waals surface area (Å²) in [5, 5.41) is 12.7. The Morgan fingerprint density at radius 1 is 1.27 bits per heavy atom. The largest absolute Gasteiger partial charge is 0.396 e. The fourth-order valence-corrected chi connectivity index (χ4v) is 2.67. The zero-order valence-corrected chi connectivity index (χ0v) is 9.29. The molecule has 0 saturated carbocycles. The van der Waals surface area contributed by atoms with E-state index >= 15 is 0 Å². The van der Waals surface area contributed by atoms with E-state index in [1.807, 2.05) is 0 Å². The lowest BCUT2D eigenvalue weighted by Gasteiger charge is -2.29. The van der Waals surface area contributed by atoms with Gasteiger partial charge in [-0.2, -0.15) is 0 Å². The SMILES string of the molecule is CCNC1(CCO)Cc2ccccc2C1. The summed E-state index contributed by atoms with van der Waals surface area (Å²) in [6.07, 6.45) is 2.95. The second kappa shape index (κ2) is 4.33. The van der Waals surface area contributed by atoms with Gasteiger partial charge in [0.1, 0.15) is 0 Å². The predicted octanol–water partition coefficient (Wildman–Crippen LogP) is 1.52. The molecule has 0 radical (unpaired) electrons. The lowest BCUT2D eigenvalue weighted by molar-refractivity contribution is 0.215. The molecule has 1 aromatic carbocycles. The van der Waals surface area contributed by atoms with Crippen LogP contribution >= 0.6 is 0 Å². The van der Waals surface area contributed by atoms with E-state index < -0.39 is 0 Å². The van der Waals surface area contributed by atoms with Gasteiger partial charge in [0.05, 0.1) is 0 Å². The third-order valence-electron chi connectivity index (χ3n) is 3.32. The maximum atomic E-state index is 9.16. The molecule has 0 heterocycles. The second-order valence-corrected chi connectivity index (χ2v) is 4.41. The Labute approximate surface area is 91.3 Å². The number of aliphatic hydroxyl groups excluding tert-OH is 1. The van der Waals surface area contributed by atoms with Gasteiger partial charge in [-0.25, -0.2) is 0 Å². The van der Waals surface area contributed by atoms with Gasteiger partial charge < -0.3 is 10.4 Å². The van der Waals surface area contributed by atoms with Gasteiger partial charge in [-0.05, 0) is 36.9 Å². The molecule has 15 heavy (non-hydrogen) atoms. The van der Waals surface area contributed by atoms with Gasteiger partial charge in [-0.15, -0.1) is 0 Å². The van der Waals surface area contributed by atoms with Crippen LogP contribution in [0.2, 0.25) is 0 Å². The van der Waals surface area contributed by atoms with Crippen molar-refractivity contribution in [3.05, 3.63) is 35.4 Å². The first-order valence-corrected chi connectivity index (χ1v) is 5.72. The minimum Gasteiger partial charge on any atom is -0.396 e. The first-order chi connectivity index (χ1) is 7.29. The molecule has 0 aromatic heterocycles. The van der Waals surface area contributed by atoms with E-state index in [-0.39, 0.29) is 12.1 Å². The molecule has 1 aliphatic carbocycles.